The third-order valence-electron chi connectivity index (χ3n) is 10.4. The van der Waals surface area contributed by atoms with Gasteiger partial charge in [-0.2, -0.15) is 0 Å². The fraction of sp³-hybridized carbons (Fsp3) is 0. The fourth-order valence-electron chi connectivity index (χ4n) is 7.67. The number of furan rings is 1. The molecule has 0 radical (unpaired) electrons. The largest absolute Gasteiger partial charge is 0.456 e. The van der Waals surface area contributed by atoms with Crippen LogP contribution in [0.25, 0.3) is 109 Å². The molecule has 0 aliphatic heterocycles. The molecule has 8 aromatic carbocycles. The highest BCUT2D eigenvalue weighted by molar-refractivity contribution is 7.26. The third kappa shape index (κ3) is 5.09. The Morgan fingerprint density at radius 1 is 0.370 bits per heavy atom. The van der Waals surface area contributed by atoms with Crippen molar-refractivity contribution in [2.24, 2.45) is 0 Å². The maximum absolute atomic E-state index is 6.19. The van der Waals surface area contributed by atoms with Crippen molar-refractivity contribution in [3.05, 3.63) is 176 Å². The van der Waals surface area contributed by atoms with Gasteiger partial charge in [-0.1, -0.05) is 146 Å². The molecule has 0 N–H and O–H groups in total. The predicted molar refractivity (Wildman–Crippen MR) is 225 cm³/mol. The number of para-hydroxylation sites is 1. The molecule has 0 atom stereocenters. The first kappa shape index (κ1) is 30.7. The normalized spacial score (nSPS) is 11.7. The van der Waals surface area contributed by atoms with Crippen molar-refractivity contribution in [2.75, 3.05) is 0 Å². The molecular formula is C49H29N3OS. The summed E-state index contributed by atoms with van der Waals surface area (Å²) in [7, 11) is 0. The molecule has 0 bridgehead atoms. The van der Waals surface area contributed by atoms with Crippen molar-refractivity contribution in [2.45, 2.75) is 0 Å². The summed E-state index contributed by atoms with van der Waals surface area (Å²) in [6, 6.07) is 61.6. The van der Waals surface area contributed by atoms with Crippen LogP contribution < -0.4 is 0 Å². The van der Waals surface area contributed by atoms with E-state index < -0.39 is 0 Å². The van der Waals surface area contributed by atoms with E-state index in [2.05, 4.69) is 158 Å². The van der Waals surface area contributed by atoms with Gasteiger partial charge in [0.1, 0.15) is 11.2 Å². The first-order valence-electron chi connectivity index (χ1n) is 18.0. The Labute approximate surface area is 314 Å². The SMILES string of the molecule is c1ccc2cc(-c3ccc(-c4nc(-c5ccc(-c6cccc7oc8ccccc8c67)cc5)nc(-c5cccc6c5sc5ccccc56)n4)cc3)ccc2c1. The van der Waals surface area contributed by atoms with Crippen LogP contribution in [-0.2, 0) is 0 Å². The summed E-state index contributed by atoms with van der Waals surface area (Å²) in [5, 5.41) is 7.14. The summed E-state index contributed by atoms with van der Waals surface area (Å²) in [6.07, 6.45) is 0. The van der Waals surface area contributed by atoms with Crippen LogP contribution in [0.4, 0.5) is 0 Å². The lowest BCUT2D eigenvalue weighted by Crippen LogP contribution is -2.00. The Hall–Kier alpha value is -6.95. The van der Waals surface area contributed by atoms with Crippen molar-refractivity contribution in [3.63, 3.8) is 0 Å². The Morgan fingerprint density at radius 3 is 1.76 bits per heavy atom. The quantitative estimate of drug-likeness (QED) is 0.179. The van der Waals surface area contributed by atoms with Gasteiger partial charge in [0.2, 0.25) is 0 Å². The van der Waals surface area contributed by atoms with Crippen LogP contribution in [0.3, 0.4) is 0 Å². The fourth-order valence-corrected chi connectivity index (χ4v) is 8.88. The number of hydrogen-bond acceptors (Lipinski definition) is 5. The average Bonchev–Trinajstić information content (AvgIpc) is 3.82. The van der Waals surface area contributed by atoms with Crippen LogP contribution in [0, 0.1) is 0 Å². The number of fused-ring (bicyclic) bond motifs is 7. The minimum Gasteiger partial charge on any atom is -0.456 e. The van der Waals surface area contributed by atoms with Crippen LogP contribution in [0.15, 0.2) is 180 Å². The Bertz CT molecular complexity index is 3210. The molecule has 0 aliphatic carbocycles. The molecule has 0 fully saturated rings. The van der Waals surface area contributed by atoms with E-state index >= 15 is 0 Å². The Kier molecular flexibility index (Phi) is 7.00. The summed E-state index contributed by atoms with van der Waals surface area (Å²) >= 11 is 1.78. The highest BCUT2D eigenvalue weighted by Gasteiger charge is 2.18. The maximum atomic E-state index is 6.19. The van der Waals surface area contributed by atoms with E-state index in [9.17, 15) is 0 Å². The summed E-state index contributed by atoms with van der Waals surface area (Å²) in [4.78, 5) is 15.4. The molecule has 5 heteroatoms. The summed E-state index contributed by atoms with van der Waals surface area (Å²) in [5.41, 5.74) is 9.17. The molecule has 54 heavy (non-hydrogen) atoms. The van der Waals surface area contributed by atoms with Gasteiger partial charge in [0.25, 0.3) is 0 Å². The third-order valence-corrected chi connectivity index (χ3v) is 11.6. The van der Waals surface area contributed by atoms with Crippen molar-refractivity contribution in [1.82, 2.24) is 15.0 Å². The molecule has 3 heterocycles. The van der Waals surface area contributed by atoms with Gasteiger partial charge in [0, 0.05) is 47.6 Å². The van der Waals surface area contributed by atoms with E-state index in [4.69, 9.17) is 19.4 Å². The first-order valence-corrected chi connectivity index (χ1v) is 18.8. The molecule has 11 rings (SSSR count). The van der Waals surface area contributed by atoms with Crippen molar-refractivity contribution in [1.29, 1.82) is 0 Å². The van der Waals surface area contributed by atoms with Gasteiger partial charge in [0.05, 0.1) is 0 Å². The van der Waals surface area contributed by atoms with Gasteiger partial charge in [-0.25, -0.2) is 15.0 Å². The number of nitrogens with zero attached hydrogens (tertiary/aromatic N) is 3. The molecule has 0 spiro atoms. The van der Waals surface area contributed by atoms with Crippen LogP contribution in [0.2, 0.25) is 0 Å². The standard InChI is InChI=1S/C49H29N3OS/c1-2-10-35-29-36(28-21-30(35)9-1)31-19-24-33(25-20-31)47-50-48(52-49(51-47)41-15-7-14-39-38-11-4-6-18-44(38)54-46(39)41)34-26-22-32(23-27-34)37-13-8-17-43-45(37)40-12-3-5-16-42(40)53-43/h1-29H. The lowest BCUT2D eigenvalue weighted by Gasteiger charge is -2.11. The average molecular weight is 708 g/mol. The van der Waals surface area contributed by atoms with E-state index in [1.54, 1.807) is 11.3 Å². The predicted octanol–water partition coefficient (Wildman–Crippen LogP) is 13.6. The van der Waals surface area contributed by atoms with Crippen molar-refractivity contribution >= 4 is 64.2 Å². The topological polar surface area (TPSA) is 51.8 Å². The summed E-state index contributed by atoms with van der Waals surface area (Å²) in [5.74, 6) is 1.92. The molecular weight excluding hydrogens is 679 g/mol. The zero-order valence-corrected chi connectivity index (χ0v) is 29.7. The smallest absolute Gasteiger partial charge is 0.165 e. The molecule has 0 aliphatic rings. The number of rotatable bonds is 5. The van der Waals surface area contributed by atoms with E-state index in [1.807, 2.05) is 18.2 Å². The number of aromatic nitrogens is 3. The van der Waals surface area contributed by atoms with E-state index in [0.29, 0.717) is 17.5 Å². The van der Waals surface area contributed by atoms with Crippen molar-refractivity contribution in [3.8, 4) is 56.4 Å². The van der Waals surface area contributed by atoms with Gasteiger partial charge in [-0.05, 0) is 63.4 Å². The zero-order chi connectivity index (χ0) is 35.6. The van der Waals surface area contributed by atoms with Gasteiger partial charge in [-0.15, -0.1) is 11.3 Å². The first-order chi connectivity index (χ1) is 26.7. The maximum Gasteiger partial charge on any atom is 0.165 e. The van der Waals surface area contributed by atoms with Crippen LogP contribution in [0.1, 0.15) is 0 Å². The molecule has 11 aromatic rings. The number of thiophene rings is 1. The van der Waals surface area contributed by atoms with Gasteiger partial charge >= 0.3 is 0 Å². The second-order valence-corrected chi connectivity index (χ2v) is 14.6. The number of hydrogen-bond donors (Lipinski definition) is 0. The molecule has 0 unspecified atom stereocenters. The van der Waals surface area contributed by atoms with E-state index in [0.717, 1.165) is 55.3 Å². The van der Waals surface area contributed by atoms with E-state index in [-0.39, 0.29) is 0 Å². The summed E-state index contributed by atoms with van der Waals surface area (Å²) in [6.45, 7) is 0. The molecule has 3 aromatic heterocycles. The monoisotopic (exact) mass is 707 g/mol. The highest BCUT2D eigenvalue weighted by Crippen LogP contribution is 2.40. The minimum absolute atomic E-state index is 0.630. The molecule has 0 saturated carbocycles. The van der Waals surface area contributed by atoms with Crippen LogP contribution in [0.5, 0.6) is 0 Å². The Balaban J connectivity index is 1.04. The van der Waals surface area contributed by atoms with Crippen molar-refractivity contribution < 1.29 is 4.42 Å². The van der Waals surface area contributed by atoms with Gasteiger partial charge < -0.3 is 4.42 Å². The summed E-state index contributed by atoms with van der Waals surface area (Å²) < 4.78 is 8.61. The highest BCUT2D eigenvalue weighted by atomic mass is 32.1. The zero-order valence-electron chi connectivity index (χ0n) is 28.9. The number of benzene rings is 8. The van der Waals surface area contributed by atoms with Crippen LogP contribution in [-0.4, -0.2) is 15.0 Å². The minimum atomic E-state index is 0.630. The second-order valence-electron chi connectivity index (χ2n) is 13.6. The molecule has 0 amide bonds. The Morgan fingerprint density at radius 2 is 0.944 bits per heavy atom. The molecule has 4 nitrogen and oxygen atoms in total. The van der Waals surface area contributed by atoms with Gasteiger partial charge in [0.15, 0.2) is 17.5 Å². The van der Waals surface area contributed by atoms with Gasteiger partial charge in [-0.3, -0.25) is 0 Å². The lowest BCUT2D eigenvalue weighted by molar-refractivity contribution is 0.669. The van der Waals surface area contributed by atoms with Crippen LogP contribution >= 0.6 is 11.3 Å². The molecule has 252 valence electrons. The lowest BCUT2D eigenvalue weighted by atomic mass is 9.98. The molecule has 0 saturated heterocycles. The van der Waals surface area contributed by atoms with E-state index in [1.165, 1.54) is 36.5 Å². The second kappa shape index (κ2) is 12.3.